The molecule has 0 bridgehead atoms. The lowest BCUT2D eigenvalue weighted by Gasteiger charge is -2.15. The number of nitro benzene ring substituents is 1. The van der Waals surface area contributed by atoms with Crippen molar-refractivity contribution in [2.75, 3.05) is 13.6 Å². The van der Waals surface area contributed by atoms with Gasteiger partial charge >= 0.3 is 0 Å². The molecule has 96 valence electrons. The van der Waals surface area contributed by atoms with E-state index in [0.29, 0.717) is 0 Å². The van der Waals surface area contributed by atoms with Crippen molar-refractivity contribution in [3.8, 4) is 6.07 Å². The molecule has 0 unspecified atom stereocenters. The minimum absolute atomic E-state index is 0.00905. The Balaban J connectivity index is 3.21. The first-order valence-electron chi connectivity index (χ1n) is 4.98. The van der Waals surface area contributed by atoms with Crippen LogP contribution >= 0.6 is 0 Å². The minimum atomic E-state index is -3.95. The number of hydrogen-bond acceptors (Lipinski definition) is 5. The molecular weight excluding hydrogens is 258 g/mol. The number of rotatable bonds is 5. The van der Waals surface area contributed by atoms with Crippen LogP contribution in [-0.2, 0) is 10.0 Å². The van der Waals surface area contributed by atoms with Gasteiger partial charge in [0.05, 0.1) is 11.0 Å². The number of nitro groups is 1. The summed E-state index contributed by atoms with van der Waals surface area (Å²) in [4.78, 5) is 9.66. The van der Waals surface area contributed by atoms with Gasteiger partial charge in [0, 0.05) is 26.1 Å². The summed E-state index contributed by atoms with van der Waals surface area (Å²) in [5.74, 6) is 0. The van der Waals surface area contributed by atoms with Crippen molar-refractivity contribution in [3.05, 3.63) is 34.4 Å². The summed E-state index contributed by atoms with van der Waals surface area (Å²) < 4.78 is 25.1. The maximum Gasteiger partial charge on any atom is 0.289 e. The van der Waals surface area contributed by atoms with E-state index in [1.54, 1.807) is 0 Å². The van der Waals surface area contributed by atoms with E-state index >= 15 is 0 Å². The molecule has 0 saturated heterocycles. The minimum Gasteiger partial charge on any atom is -0.258 e. The Kier molecular flexibility index (Phi) is 4.36. The molecule has 0 heterocycles. The summed E-state index contributed by atoms with van der Waals surface area (Å²) in [5.41, 5.74) is -0.471. The summed E-state index contributed by atoms with van der Waals surface area (Å²) in [6.45, 7) is -0.00905. The molecule has 0 aliphatic carbocycles. The molecule has 1 rings (SSSR count). The lowest BCUT2D eigenvalue weighted by atomic mass is 10.3. The fraction of sp³-hybridized carbons (Fsp3) is 0.300. The number of benzene rings is 1. The Labute approximate surface area is 104 Å². The van der Waals surface area contributed by atoms with Crippen molar-refractivity contribution in [2.45, 2.75) is 11.3 Å². The van der Waals surface area contributed by atoms with Gasteiger partial charge in [0.15, 0.2) is 4.90 Å². The topological polar surface area (TPSA) is 104 Å². The largest absolute Gasteiger partial charge is 0.289 e. The average Bonchev–Trinajstić information content (AvgIpc) is 2.35. The van der Waals surface area contributed by atoms with Gasteiger partial charge in [-0.05, 0) is 6.07 Å². The number of nitriles is 1. The van der Waals surface area contributed by atoms with E-state index in [9.17, 15) is 18.5 Å². The molecular formula is C10H11N3O4S. The van der Waals surface area contributed by atoms with Crippen LogP contribution in [0, 0.1) is 21.4 Å². The van der Waals surface area contributed by atoms with Crippen molar-refractivity contribution in [1.82, 2.24) is 4.31 Å². The van der Waals surface area contributed by atoms with Crippen LogP contribution in [0.15, 0.2) is 29.2 Å². The normalized spacial score (nSPS) is 11.2. The predicted octanol–water partition coefficient (Wildman–Crippen LogP) is 1.13. The highest BCUT2D eigenvalue weighted by molar-refractivity contribution is 7.89. The zero-order valence-electron chi connectivity index (χ0n) is 9.61. The highest BCUT2D eigenvalue weighted by atomic mass is 32.2. The summed E-state index contributed by atoms with van der Waals surface area (Å²) in [5, 5.41) is 19.2. The van der Waals surface area contributed by atoms with Crippen LogP contribution in [0.2, 0.25) is 0 Å². The van der Waals surface area contributed by atoms with Crippen LogP contribution in [0.5, 0.6) is 0 Å². The van der Waals surface area contributed by atoms with Gasteiger partial charge in [-0.3, -0.25) is 10.1 Å². The van der Waals surface area contributed by atoms with E-state index in [1.165, 1.54) is 25.2 Å². The van der Waals surface area contributed by atoms with Crippen molar-refractivity contribution >= 4 is 15.7 Å². The molecule has 0 aliphatic rings. The SMILES string of the molecule is CN(CCC#N)S(=O)(=O)c1ccccc1[N+](=O)[O-]. The fourth-order valence-corrected chi connectivity index (χ4v) is 2.65. The molecule has 0 amide bonds. The van der Waals surface area contributed by atoms with Crippen LogP contribution < -0.4 is 0 Å². The molecule has 18 heavy (non-hydrogen) atoms. The molecule has 7 nitrogen and oxygen atoms in total. The third kappa shape index (κ3) is 2.82. The van der Waals surface area contributed by atoms with E-state index in [2.05, 4.69) is 0 Å². The second kappa shape index (κ2) is 5.57. The first-order valence-corrected chi connectivity index (χ1v) is 6.42. The third-order valence-electron chi connectivity index (χ3n) is 2.29. The first-order chi connectivity index (χ1) is 8.41. The zero-order chi connectivity index (χ0) is 13.8. The highest BCUT2D eigenvalue weighted by Gasteiger charge is 2.28. The smallest absolute Gasteiger partial charge is 0.258 e. The van der Waals surface area contributed by atoms with Crippen molar-refractivity contribution in [2.24, 2.45) is 0 Å². The van der Waals surface area contributed by atoms with E-state index in [-0.39, 0.29) is 17.9 Å². The molecule has 0 aliphatic heterocycles. The lowest BCUT2D eigenvalue weighted by molar-refractivity contribution is -0.387. The molecule has 1 aromatic rings. The Bertz CT molecular complexity index is 591. The fourth-order valence-electron chi connectivity index (χ4n) is 1.32. The van der Waals surface area contributed by atoms with Crippen molar-refractivity contribution in [1.29, 1.82) is 5.26 Å². The Morgan fingerprint density at radius 1 is 1.44 bits per heavy atom. The average molecular weight is 269 g/mol. The maximum atomic E-state index is 12.1. The van der Waals surface area contributed by atoms with Gasteiger partial charge in [0.1, 0.15) is 0 Å². The zero-order valence-corrected chi connectivity index (χ0v) is 10.4. The second-order valence-electron chi connectivity index (χ2n) is 3.46. The van der Waals surface area contributed by atoms with Crippen molar-refractivity contribution in [3.63, 3.8) is 0 Å². The van der Waals surface area contributed by atoms with Crippen molar-refractivity contribution < 1.29 is 13.3 Å². The monoisotopic (exact) mass is 269 g/mol. The van der Waals surface area contributed by atoms with Crippen LogP contribution in [0.4, 0.5) is 5.69 Å². The molecule has 0 aromatic heterocycles. The van der Waals surface area contributed by atoms with Gasteiger partial charge < -0.3 is 0 Å². The summed E-state index contributed by atoms with van der Waals surface area (Å²) >= 11 is 0. The molecule has 0 atom stereocenters. The Morgan fingerprint density at radius 3 is 2.61 bits per heavy atom. The van der Waals surface area contributed by atoms with Crippen LogP contribution in [-0.4, -0.2) is 31.2 Å². The number of hydrogen-bond donors (Lipinski definition) is 0. The number of sulfonamides is 1. The summed E-state index contributed by atoms with van der Waals surface area (Å²) in [7, 11) is -2.67. The van der Waals surface area contributed by atoms with Crippen LogP contribution in [0.1, 0.15) is 6.42 Å². The summed E-state index contributed by atoms with van der Waals surface area (Å²) in [6, 6.07) is 6.94. The molecule has 1 aromatic carbocycles. The standard InChI is InChI=1S/C10H11N3O4S/c1-12(8-4-7-11)18(16,17)10-6-3-2-5-9(10)13(14)15/h2-3,5-6H,4,8H2,1H3. The number of nitrogens with zero attached hydrogens (tertiary/aromatic N) is 3. The van der Waals surface area contributed by atoms with E-state index in [0.717, 1.165) is 10.4 Å². The summed E-state index contributed by atoms with van der Waals surface area (Å²) in [6.07, 6.45) is 0.0242. The molecule has 0 saturated carbocycles. The molecule has 0 N–H and O–H groups in total. The van der Waals surface area contributed by atoms with Gasteiger partial charge in [-0.15, -0.1) is 0 Å². The van der Waals surface area contributed by atoms with E-state index < -0.39 is 20.6 Å². The molecule has 0 radical (unpaired) electrons. The van der Waals surface area contributed by atoms with E-state index in [1.807, 2.05) is 6.07 Å². The van der Waals surface area contributed by atoms with Crippen LogP contribution in [0.3, 0.4) is 0 Å². The quantitative estimate of drug-likeness (QED) is 0.588. The molecule has 0 fully saturated rings. The van der Waals surface area contributed by atoms with Crippen LogP contribution in [0.25, 0.3) is 0 Å². The predicted molar refractivity (Wildman–Crippen MR) is 63.1 cm³/mol. The van der Waals surface area contributed by atoms with Gasteiger partial charge in [0.2, 0.25) is 10.0 Å². The third-order valence-corrected chi connectivity index (χ3v) is 4.19. The Morgan fingerprint density at radius 2 is 2.06 bits per heavy atom. The highest BCUT2D eigenvalue weighted by Crippen LogP contribution is 2.25. The van der Waals surface area contributed by atoms with Gasteiger partial charge in [-0.25, -0.2) is 8.42 Å². The molecule has 0 spiro atoms. The Hall–Kier alpha value is -1.98. The lowest BCUT2D eigenvalue weighted by Crippen LogP contribution is -2.28. The van der Waals surface area contributed by atoms with Gasteiger partial charge in [-0.2, -0.15) is 9.57 Å². The van der Waals surface area contributed by atoms with Gasteiger partial charge in [-0.1, -0.05) is 12.1 Å². The number of para-hydroxylation sites is 1. The van der Waals surface area contributed by atoms with Gasteiger partial charge in [0.25, 0.3) is 5.69 Å². The second-order valence-corrected chi connectivity index (χ2v) is 5.47. The first kappa shape index (κ1) is 14.1. The van der Waals surface area contributed by atoms with E-state index in [4.69, 9.17) is 5.26 Å². The maximum absolute atomic E-state index is 12.1. The molecule has 8 heteroatoms.